The molecule has 4 atom stereocenters. The second-order valence-corrected chi connectivity index (χ2v) is 9.96. The molecule has 3 fully saturated rings. The average molecular weight is 422 g/mol. The lowest BCUT2D eigenvalue weighted by Crippen LogP contribution is -2.51. The van der Waals surface area contributed by atoms with Crippen LogP contribution < -0.4 is 15.2 Å². The predicted molar refractivity (Wildman–Crippen MR) is 118 cm³/mol. The summed E-state index contributed by atoms with van der Waals surface area (Å²) in [4.78, 5) is 4.84. The van der Waals surface area contributed by atoms with Crippen LogP contribution in [0.5, 0.6) is 11.5 Å². The number of nitrogens with two attached hydrogens (primary N) is 1. The Bertz CT molecular complexity index is 657. The smallest absolute Gasteiger partial charge is 0.161 e. The van der Waals surface area contributed by atoms with E-state index in [2.05, 4.69) is 21.9 Å². The van der Waals surface area contributed by atoms with Gasteiger partial charge in [0.2, 0.25) is 0 Å². The molecular formula is C22H35N3O3S. The van der Waals surface area contributed by atoms with E-state index in [4.69, 9.17) is 15.2 Å². The van der Waals surface area contributed by atoms with E-state index in [9.17, 15) is 5.11 Å². The lowest BCUT2D eigenvalue weighted by Gasteiger charge is -2.37. The van der Waals surface area contributed by atoms with Crippen molar-refractivity contribution in [3.05, 3.63) is 23.8 Å². The Hall–Kier alpha value is -0.990. The Kier molecular flexibility index (Phi) is 7.24. The van der Waals surface area contributed by atoms with Crippen LogP contribution in [0.3, 0.4) is 0 Å². The van der Waals surface area contributed by atoms with Crippen molar-refractivity contribution >= 4 is 11.8 Å². The van der Waals surface area contributed by atoms with Crippen molar-refractivity contribution in [1.29, 1.82) is 0 Å². The van der Waals surface area contributed by atoms with Gasteiger partial charge in [0, 0.05) is 56.8 Å². The number of aliphatic hydroxyl groups excluding tert-OH is 1. The molecule has 3 N–H and O–H groups in total. The van der Waals surface area contributed by atoms with Crippen molar-refractivity contribution in [3.63, 3.8) is 0 Å². The molecule has 3 aliphatic rings. The molecule has 7 heteroatoms. The third-order valence-electron chi connectivity index (χ3n) is 6.62. The highest BCUT2D eigenvalue weighted by molar-refractivity contribution is 7.99. The molecule has 4 rings (SSSR count). The van der Waals surface area contributed by atoms with Gasteiger partial charge in [-0.15, -0.1) is 0 Å². The second kappa shape index (κ2) is 9.88. The normalized spacial score (nSPS) is 29.0. The number of hydrogen-bond donors (Lipinski definition) is 2. The summed E-state index contributed by atoms with van der Waals surface area (Å²) in [6, 6.07) is 6.49. The van der Waals surface area contributed by atoms with E-state index in [1.165, 1.54) is 29.9 Å². The van der Waals surface area contributed by atoms with Gasteiger partial charge in [0.15, 0.2) is 11.5 Å². The molecule has 2 heterocycles. The van der Waals surface area contributed by atoms with Crippen molar-refractivity contribution in [3.8, 4) is 11.5 Å². The minimum absolute atomic E-state index is 0.275. The molecule has 2 bridgehead atoms. The van der Waals surface area contributed by atoms with Crippen LogP contribution in [0.4, 0.5) is 0 Å². The third kappa shape index (κ3) is 5.39. The van der Waals surface area contributed by atoms with E-state index in [1.807, 2.05) is 17.8 Å². The van der Waals surface area contributed by atoms with Crippen LogP contribution in [-0.4, -0.2) is 85.0 Å². The molecule has 2 saturated heterocycles. The molecule has 162 valence electrons. The van der Waals surface area contributed by atoms with Crippen molar-refractivity contribution in [2.75, 3.05) is 57.9 Å². The van der Waals surface area contributed by atoms with Crippen LogP contribution in [0.1, 0.15) is 18.4 Å². The number of methoxy groups -OCH3 is 1. The molecule has 29 heavy (non-hydrogen) atoms. The van der Waals surface area contributed by atoms with Gasteiger partial charge in [-0.2, -0.15) is 11.8 Å². The zero-order valence-corrected chi connectivity index (χ0v) is 18.3. The maximum absolute atomic E-state index is 10.5. The Morgan fingerprint density at radius 1 is 1.14 bits per heavy atom. The SMILES string of the molecule is COc1cc(CN2CCSCC2)ccc1OCC(O)CN1C[C@H]2CC[C@@H](C1)C2N. The molecular weight excluding hydrogens is 386 g/mol. The quantitative estimate of drug-likeness (QED) is 0.661. The molecule has 6 nitrogen and oxygen atoms in total. The van der Waals surface area contributed by atoms with Gasteiger partial charge < -0.3 is 20.3 Å². The molecule has 0 aromatic heterocycles. The van der Waals surface area contributed by atoms with Crippen molar-refractivity contribution in [2.24, 2.45) is 17.6 Å². The van der Waals surface area contributed by atoms with E-state index >= 15 is 0 Å². The fourth-order valence-corrected chi connectivity index (χ4v) is 5.97. The summed E-state index contributed by atoms with van der Waals surface area (Å²) >= 11 is 2.02. The van der Waals surface area contributed by atoms with Crippen molar-refractivity contribution in [2.45, 2.75) is 31.5 Å². The minimum Gasteiger partial charge on any atom is -0.493 e. The number of aliphatic hydroxyl groups is 1. The number of ether oxygens (including phenoxy) is 2. The van der Waals surface area contributed by atoms with E-state index < -0.39 is 6.10 Å². The van der Waals surface area contributed by atoms with Crippen molar-refractivity contribution < 1.29 is 14.6 Å². The highest BCUT2D eigenvalue weighted by Gasteiger charge is 2.39. The Morgan fingerprint density at radius 3 is 2.55 bits per heavy atom. The van der Waals surface area contributed by atoms with Crippen LogP contribution >= 0.6 is 11.8 Å². The summed E-state index contributed by atoms with van der Waals surface area (Å²) in [5, 5.41) is 10.5. The fraction of sp³-hybridized carbons (Fsp3) is 0.727. The summed E-state index contributed by atoms with van der Waals surface area (Å²) in [6.07, 6.45) is 1.95. The van der Waals surface area contributed by atoms with Crippen molar-refractivity contribution in [1.82, 2.24) is 9.80 Å². The second-order valence-electron chi connectivity index (χ2n) is 8.73. The topological polar surface area (TPSA) is 71.2 Å². The first-order valence-electron chi connectivity index (χ1n) is 10.9. The summed E-state index contributed by atoms with van der Waals surface area (Å²) in [6.45, 7) is 6.15. The van der Waals surface area contributed by atoms with Crippen LogP contribution in [-0.2, 0) is 6.54 Å². The molecule has 0 radical (unpaired) electrons. The molecule has 0 spiro atoms. The predicted octanol–water partition coefficient (Wildman–Crippen LogP) is 1.65. The number of β-amino-alcohol motifs (C(OH)–C–C–N with tert-alkyl or cyclic N) is 1. The third-order valence-corrected chi connectivity index (χ3v) is 7.56. The Morgan fingerprint density at radius 2 is 1.86 bits per heavy atom. The zero-order valence-electron chi connectivity index (χ0n) is 17.5. The first-order valence-corrected chi connectivity index (χ1v) is 12.0. The monoisotopic (exact) mass is 421 g/mol. The number of rotatable bonds is 8. The molecule has 1 aliphatic carbocycles. The van der Waals surface area contributed by atoms with Gasteiger partial charge in [0.25, 0.3) is 0 Å². The summed E-state index contributed by atoms with van der Waals surface area (Å²) in [5.74, 6) is 5.04. The molecule has 1 aromatic carbocycles. The lowest BCUT2D eigenvalue weighted by molar-refractivity contribution is 0.0446. The van der Waals surface area contributed by atoms with E-state index in [0.717, 1.165) is 38.5 Å². The number of likely N-dealkylation sites (tertiary alicyclic amines) is 1. The van der Waals surface area contributed by atoms with Gasteiger partial charge in [-0.1, -0.05) is 6.07 Å². The first-order chi connectivity index (χ1) is 14.1. The maximum Gasteiger partial charge on any atom is 0.161 e. The molecule has 2 aliphatic heterocycles. The Balaban J connectivity index is 1.27. The highest BCUT2D eigenvalue weighted by Crippen LogP contribution is 2.35. The molecule has 1 saturated carbocycles. The zero-order chi connectivity index (χ0) is 20.2. The number of benzene rings is 1. The number of thioether (sulfide) groups is 1. The largest absolute Gasteiger partial charge is 0.493 e. The summed E-state index contributed by atoms with van der Waals surface area (Å²) < 4.78 is 11.5. The van der Waals surface area contributed by atoms with Crippen LogP contribution in [0.15, 0.2) is 18.2 Å². The van der Waals surface area contributed by atoms with Gasteiger partial charge in [0.05, 0.1) is 7.11 Å². The summed E-state index contributed by atoms with van der Waals surface area (Å²) in [5.41, 5.74) is 7.52. The number of piperidine rings is 1. The average Bonchev–Trinajstić information content (AvgIpc) is 2.94. The first kappa shape index (κ1) is 21.2. The Labute approximate surface area is 178 Å². The molecule has 0 amide bonds. The van der Waals surface area contributed by atoms with Gasteiger partial charge in [0.1, 0.15) is 12.7 Å². The number of fused-ring (bicyclic) bond motifs is 2. The van der Waals surface area contributed by atoms with E-state index in [1.54, 1.807) is 7.11 Å². The van der Waals surface area contributed by atoms with Gasteiger partial charge >= 0.3 is 0 Å². The van der Waals surface area contributed by atoms with Crippen LogP contribution in [0.25, 0.3) is 0 Å². The minimum atomic E-state index is -0.515. The number of nitrogens with zero attached hydrogens (tertiary/aromatic N) is 2. The maximum atomic E-state index is 10.5. The van der Waals surface area contributed by atoms with Gasteiger partial charge in [-0.05, 0) is 42.4 Å². The molecule has 2 unspecified atom stereocenters. The van der Waals surface area contributed by atoms with Crippen LogP contribution in [0.2, 0.25) is 0 Å². The van der Waals surface area contributed by atoms with E-state index in [-0.39, 0.29) is 6.61 Å². The number of hydrogen-bond acceptors (Lipinski definition) is 7. The standard InChI is InChI=1S/C22H35N3O3S/c1-27-21-10-16(11-24-6-8-29-9-7-24)2-5-20(21)28-15-19(26)14-25-12-17-3-4-18(13-25)22(17)23/h2,5,10,17-19,22,26H,3-4,6-9,11-15,23H2,1H3/t17-,18+,19?,22?. The fourth-order valence-electron chi connectivity index (χ4n) is 4.99. The van der Waals surface area contributed by atoms with E-state index in [0.29, 0.717) is 30.2 Å². The van der Waals surface area contributed by atoms with Gasteiger partial charge in [-0.3, -0.25) is 9.80 Å². The highest BCUT2D eigenvalue weighted by atomic mass is 32.2. The molecule has 1 aromatic rings. The lowest BCUT2D eigenvalue weighted by atomic mass is 9.93. The van der Waals surface area contributed by atoms with Crippen LogP contribution in [0, 0.1) is 11.8 Å². The van der Waals surface area contributed by atoms with Gasteiger partial charge in [-0.25, -0.2) is 0 Å². The summed E-state index contributed by atoms with van der Waals surface area (Å²) in [7, 11) is 1.67.